The maximum atomic E-state index is 12.1. The fourth-order valence-corrected chi connectivity index (χ4v) is 3.46. The molecule has 1 heterocycles. The van der Waals surface area contributed by atoms with Crippen LogP contribution in [-0.2, 0) is 16.1 Å². The Kier molecular flexibility index (Phi) is 4.48. The molecule has 0 saturated carbocycles. The number of nitrogens with one attached hydrogen (secondary N) is 1. The predicted octanol–water partition coefficient (Wildman–Crippen LogP) is 2.57. The fraction of sp³-hybridized carbons (Fsp3) is 0.500. The molecular formula is C12H17ClN2O2S. The lowest BCUT2D eigenvalue weighted by Gasteiger charge is -2.26. The zero-order valence-electron chi connectivity index (χ0n) is 10.1. The molecule has 0 aromatic heterocycles. The summed E-state index contributed by atoms with van der Waals surface area (Å²) in [6.45, 7) is 1.21. The first-order valence-electron chi connectivity index (χ1n) is 6.04. The number of piperidine rings is 1. The first kappa shape index (κ1) is 13.6. The van der Waals surface area contributed by atoms with E-state index in [0.29, 0.717) is 24.7 Å². The van der Waals surface area contributed by atoms with Crippen molar-refractivity contribution < 1.29 is 8.42 Å². The van der Waals surface area contributed by atoms with Gasteiger partial charge in [-0.05, 0) is 30.5 Å². The third kappa shape index (κ3) is 3.37. The summed E-state index contributed by atoms with van der Waals surface area (Å²) in [6, 6.07) is 7.11. The van der Waals surface area contributed by atoms with Gasteiger partial charge < -0.3 is 0 Å². The summed E-state index contributed by atoms with van der Waals surface area (Å²) in [7, 11) is -3.41. The third-order valence-electron chi connectivity index (χ3n) is 3.01. The Morgan fingerprint density at radius 2 is 1.72 bits per heavy atom. The Bertz CT molecular complexity index is 481. The molecule has 0 amide bonds. The Balaban J connectivity index is 2.06. The number of nitrogens with zero attached hydrogens (tertiary/aromatic N) is 1. The summed E-state index contributed by atoms with van der Waals surface area (Å²) in [6.07, 6.45) is 2.98. The summed E-state index contributed by atoms with van der Waals surface area (Å²) in [5.41, 5.74) is 1.55. The Morgan fingerprint density at radius 3 is 2.28 bits per heavy atom. The van der Waals surface area contributed by atoms with E-state index in [1.54, 1.807) is 12.1 Å². The van der Waals surface area contributed by atoms with Gasteiger partial charge in [0.1, 0.15) is 0 Å². The lowest BCUT2D eigenvalue weighted by Crippen LogP contribution is -2.39. The fourth-order valence-electron chi connectivity index (χ4n) is 1.98. The zero-order chi connectivity index (χ0) is 13.0. The number of hydrogen-bond acceptors (Lipinski definition) is 2. The average molecular weight is 289 g/mol. The van der Waals surface area contributed by atoms with Crippen LogP contribution in [0.3, 0.4) is 0 Å². The third-order valence-corrected chi connectivity index (χ3v) is 4.86. The molecule has 1 saturated heterocycles. The standard InChI is InChI=1S/C12H17ClN2O2S/c13-10-11-4-6-12(7-5-11)14-18(16,17)15-8-2-1-3-9-15/h4-7,14H,1-3,8-10H2. The minimum atomic E-state index is -3.41. The van der Waals surface area contributed by atoms with E-state index in [1.807, 2.05) is 12.1 Å². The molecule has 1 aliphatic rings. The van der Waals surface area contributed by atoms with Crippen LogP contribution in [0.1, 0.15) is 24.8 Å². The molecule has 18 heavy (non-hydrogen) atoms. The van der Waals surface area contributed by atoms with Crippen molar-refractivity contribution in [2.45, 2.75) is 25.1 Å². The maximum Gasteiger partial charge on any atom is 0.301 e. The molecule has 100 valence electrons. The molecule has 0 radical (unpaired) electrons. The molecule has 2 rings (SSSR count). The van der Waals surface area contributed by atoms with Gasteiger partial charge in [0, 0.05) is 24.7 Å². The summed E-state index contributed by atoms with van der Waals surface area (Å²) in [4.78, 5) is 0. The largest absolute Gasteiger partial charge is 0.301 e. The molecule has 0 spiro atoms. The molecule has 1 fully saturated rings. The van der Waals surface area contributed by atoms with E-state index in [0.717, 1.165) is 24.8 Å². The molecule has 1 aliphatic heterocycles. The average Bonchev–Trinajstić information content (AvgIpc) is 2.40. The van der Waals surface area contributed by atoms with E-state index in [2.05, 4.69) is 4.72 Å². The van der Waals surface area contributed by atoms with E-state index in [1.165, 1.54) is 4.31 Å². The lowest BCUT2D eigenvalue weighted by molar-refractivity contribution is 0.349. The Morgan fingerprint density at radius 1 is 1.11 bits per heavy atom. The van der Waals surface area contributed by atoms with Gasteiger partial charge in [0.05, 0.1) is 0 Å². The highest BCUT2D eigenvalue weighted by Crippen LogP contribution is 2.17. The number of alkyl halides is 1. The second-order valence-electron chi connectivity index (χ2n) is 4.40. The van der Waals surface area contributed by atoms with Gasteiger partial charge in [-0.15, -0.1) is 11.6 Å². The molecule has 0 bridgehead atoms. The molecule has 6 heteroatoms. The van der Waals surface area contributed by atoms with Crippen molar-refractivity contribution >= 4 is 27.5 Å². The minimum Gasteiger partial charge on any atom is -0.271 e. The second-order valence-corrected chi connectivity index (χ2v) is 6.34. The number of halogens is 1. The molecule has 1 aromatic rings. The quantitative estimate of drug-likeness (QED) is 0.866. The van der Waals surface area contributed by atoms with E-state index in [4.69, 9.17) is 11.6 Å². The van der Waals surface area contributed by atoms with Gasteiger partial charge >= 0.3 is 10.2 Å². The summed E-state index contributed by atoms with van der Waals surface area (Å²) >= 11 is 5.69. The SMILES string of the molecule is O=S(=O)(Nc1ccc(CCl)cc1)N1CCCCC1. The van der Waals surface area contributed by atoms with E-state index >= 15 is 0 Å². The normalized spacial score (nSPS) is 17.6. The first-order valence-corrected chi connectivity index (χ1v) is 8.02. The van der Waals surface area contributed by atoms with Gasteiger partial charge in [0.25, 0.3) is 0 Å². The van der Waals surface area contributed by atoms with E-state index in [-0.39, 0.29) is 0 Å². The molecular weight excluding hydrogens is 272 g/mol. The van der Waals surface area contributed by atoms with Crippen molar-refractivity contribution in [3.05, 3.63) is 29.8 Å². The molecule has 1 N–H and O–H groups in total. The van der Waals surface area contributed by atoms with Crippen molar-refractivity contribution in [2.75, 3.05) is 17.8 Å². The highest BCUT2D eigenvalue weighted by molar-refractivity contribution is 7.90. The van der Waals surface area contributed by atoms with Crippen LogP contribution < -0.4 is 4.72 Å². The van der Waals surface area contributed by atoms with Crippen LogP contribution >= 0.6 is 11.6 Å². The van der Waals surface area contributed by atoms with Crippen LogP contribution in [0, 0.1) is 0 Å². The van der Waals surface area contributed by atoms with Crippen LogP contribution in [0.25, 0.3) is 0 Å². The smallest absolute Gasteiger partial charge is 0.271 e. The van der Waals surface area contributed by atoms with E-state index < -0.39 is 10.2 Å². The van der Waals surface area contributed by atoms with Crippen LogP contribution in [0.4, 0.5) is 5.69 Å². The van der Waals surface area contributed by atoms with Gasteiger partial charge in [0.15, 0.2) is 0 Å². The van der Waals surface area contributed by atoms with Crippen molar-refractivity contribution in [3.8, 4) is 0 Å². The van der Waals surface area contributed by atoms with Crippen molar-refractivity contribution in [1.82, 2.24) is 4.31 Å². The lowest BCUT2D eigenvalue weighted by atomic mass is 10.2. The number of benzene rings is 1. The van der Waals surface area contributed by atoms with Gasteiger partial charge in [-0.3, -0.25) is 4.72 Å². The number of hydrogen-bond donors (Lipinski definition) is 1. The highest BCUT2D eigenvalue weighted by atomic mass is 35.5. The number of anilines is 1. The van der Waals surface area contributed by atoms with Gasteiger partial charge in [-0.2, -0.15) is 12.7 Å². The highest BCUT2D eigenvalue weighted by Gasteiger charge is 2.23. The maximum absolute atomic E-state index is 12.1. The summed E-state index contributed by atoms with van der Waals surface area (Å²) in [5.74, 6) is 0.430. The summed E-state index contributed by atoms with van der Waals surface area (Å²) < 4.78 is 28.3. The first-order chi connectivity index (χ1) is 8.62. The molecule has 0 aliphatic carbocycles. The van der Waals surface area contributed by atoms with Crippen molar-refractivity contribution in [3.63, 3.8) is 0 Å². The van der Waals surface area contributed by atoms with Crippen LogP contribution in [-0.4, -0.2) is 25.8 Å². The minimum absolute atomic E-state index is 0.430. The van der Waals surface area contributed by atoms with Gasteiger partial charge in [-0.25, -0.2) is 0 Å². The van der Waals surface area contributed by atoms with Crippen molar-refractivity contribution in [2.24, 2.45) is 0 Å². The Labute approximate surface area is 113 Å². The monoisotopic (exact) mass is 288 g/mol. The van der Waals surface area contributed by atoms with Crippen LogP contribution in [0.2, 0.25) is 0 Å². The topological polar surface area (TPSA) is 49.4 Å². The molecule has 0 atom stereocenters. The Hall–Kier alpha value is -0.780. The van der Waals surface area contributed by atoms with Crippen LogP contribution in [0.5, 0.6) is 0 Å². The predicted molar refractivity (Wildman–Crippen MR) is 74.0 cm³/mol. The zero-order valence-corrected chi connectivity index (χ0v) is 11.7. The van der Waals surface area contributed by atoms with Crippen LogP contribution in [0.15, 0.2) is 24.3 Å². The summed E-state index contributed by atoms with van der Waals surface area (Å²) in [5, 5.41) is 0. The number of rotatable bonds is 4. The molecule has 0 unspecified atom stereocenters. The van der Waals surface area contributed by atoms with Gasteiger partial charge in [-0.1, -0.05) is 18.6 Å². The molecule has 1 aromatic carbocycles. The van der Waals surface area contributed by atoms with Crippen molar-refractivity contribution in [1.29, 1.82) is 0 Å². The molecule has 4 nitrogen and oxygen atoms in total. The van der Waals surface area contributed by atoms with Gasteiger partial charge in [0.2, 0.25) is 0 Å². The second kappa shape index (κ2) is 5.91. The van der Waals surface area contributed by atoms with E-state index in [9.17, 15) is 8.42 Å².